The summed E-state index contributed by atoms with van der Waals surface area (Å²) in [5.74, 6) is 1.44. The Morgan fingerprint density at radius 3 is 1.88 bits per heavy atom. The summed E-state index contributed by atoms with van der Waals surface area (Å²) in [5, 5.41) is 8.83. The smallest absolute Gasteiger partial charge is 0.123 e. The van der Waals surface area contributed by atoms with E-state index in [1.807, 2.05) is 60.7 Å². The van der Waals surface area contributed by atoms with Crippen LogP contribution in [0.1, 0.15) is 22.3 Å². The van der Waals surface area contributed by atoms with Crippen molar-refractivity contribution in [2.45, 2.75) is 13.2 Å². The van der Waals surface area contributed by atoms with Crippen molar-refractivity contribution in [3.63, 3.8) is 0 Å². The van der Waals surface area contributed by atoms with Crippen molar-refractivity contribution in [2.24, 2.45) is 0 Å². The number of ether oxygens (including phenoxy) is 2. The summed E-state index contributed by atoms with van der Waals surface area (Å²) in [6.07, 6.45) is 0. The van der Waals surface area contributed by atoms with Gasteiger partial charge in [-0.2, -0.15) is 5.26 Å². The number of rotatable bonds is 6. The first-order chi connectivity index (χ1) is 12.2. The minimum absolute atomic E-state index is 0.424. The van der Waals surface area contributed by atoms with Crippen LogP contribution >= 0.6 is 0 Å². The first-order valence-electron chi connectivity index (χ1n) is 7.98. The Morgan fingerprint density at radius 1 is 0.760 bits per heavy atom. The van der Waals surface area contributed by atoms with Crippen LogP contribution in [-0.4, -0.2) is 0 Å². The summed E-state index contributed by atoms with van der Waals surface area (Å²) in [6.45, 7) is 4.90. The highest BCUT2D eigenvalue weighted by molar-refractivity contribution is 5.40. The van der Waals surface area contributed by atoms with Crippen LogP contribution < -0.4 is 9.47 Å². The zero-order chi connectivity index (χ0) is 17.5. The predicted molar refractivity (Wildman–Crippen MR) is 97.2 cm³/mol. The molecule has 0 amide bonds. The maximum Gasteiger partial charge on any atom is 0.123 e. The van der Waals surface area contributed by atoms with Crippen LogP contribution in [0, 0.1) is 18.3 Å². The molecule has 0 aliphatic rings. The van der Waals surface area contributed by atoms with Gasteiger partial charge in [0.2, 0.25) is 0 Å². The highest BCUT2D eigenvalue weighted by Gasteiger charge is 2.03. The molecule has 0 saturated heterocycles. The monoisotopic (exact) mass is 328 g/mol. The van der Waals surface area contributed by atoms with Crippen LogP contribution in [0.15, 0.2) is 72.8 Å². The highest BCUT2D eigenvalue weighted by atomic mass is 16.5. The molecule has 3 nitrogen and oxygen atoms in total. The summed E-state index contributed by atoms with van der Waals surface area (Å²) < 4.78 is 11.7. The van der Waals surface area contributed by atoms with E-state index in [4.69, 9.17) is 14.7 Å². The van der Waals surface area contributed by atoms with E-state index in [0.717, 1.165) is 22.4 Å². The van der Waals surface area contributed by atoms with Gasteiger partial charge in [0.05, 0.1) is 11.6 Å². The van der Waals surface area contributed by atoms with E-state index in [9.17, 15) is 0 Å². The van der Waals surface area contributed by atoms with E-state index in [1.165, 1.54) is 0 Å². The normalized spacial score (nSPS) is 10.1. The first-order valence-corrected chi connectivity index (χ1v) is 7.98. The molecule has 3 heteroatoms. The Kier molecular flexibility index (Phi) is 5.33. The van der Waals surface area contributed by atoms with Crippen molar-refractivity contribution in [3.05, 3.63) is 102 Å². The number of benzene rings is 3. The molecule has 0 heterocycles. The van der Waals surface area contributed by atoms with Crippen molar-refractivity contribution in [2.75, 3.05) is 0 Å². The topological polar surface area (TPSA) is 42.2 Å². The zero-order valence-corrected chi connectivity index (χ0v) is 13.8. The fourth-order valence-electron chi connectivity index (χ4n) is 2.38. The van der Waals surface area contributed by atoms with Gasteiger partial charge >= 0.3 is 0 Å². The van der Waals surface area contributed by atoms with Gasteiger partial charge in [-0.15, -0.1) is 0 Å². The molecule has 0 aromatic heterocycles. The molecule has 0 saturated carbocycles. The minimum atomic E-state index is 0.424. The van der Waals surface area contributed by atoms with Gasteiger partial charge in [-0.05, 0) is 47.9 Å². The van der Waals surface area contributed by atoms with E-state index in [1.54, 1.807) is 12.1 Å². The molecule has 0 N–H and O–H groups in total. The van der Waals surface area contributed by atoms with Crippen LogP contribution in [0.3, 0.4) is 0 Å². The Bertz CT molecular complexity index is 865. The largest absolute Gasteiger partial charge is 0.489 e. The van der Waals surface area contributed by atoms with Gasteiger partial charge in [-0.1, -0.05) is 42.5 Å². The quantitative estimate of drug-likeness (QED) is 0.646. The van der Waals surface area contributed by atoms with Gasteiger partial charge in [-0.25, -0.2) is 0 Å². The molecule has 123 valence electrons. The molecule has 0 unspecified atom stereocenters. The molecule has 0 bridgehead atoms. The van der Waals surface area contributed by atoms with E-state index in [-0.39, 0.29) is 0 Å². The average Bonchev–Trinajstić information content (AvgIpc) is 2.66. The summed E-state index contributed by atoms with van der Waals surface area (Å²) in [4.78, 5) is 0. The molecular formula is C22H18NO2. The fourth-order valence-corrected chi connectivity index (χ4v) is 2.38. The molecule has 1 radical (unpaired) electrons. The Hall–Kier alpha value is -3.25. The van der Waals surface area contributed by atoms with Crippen LogP contribution in [0.4, 0.5) is 0 Å². The Labute approximate surface area is 148 Å². The molecule has 3 rings (SSSR count). The molecular weight excluding hydrogens is 310 g/mol. The standard InChI is InChI=1S/C22H18NO2/c1-17-11-21(24-15-19-5-3-2-4-6-19)13-22(12-17)25-16-20-9-7-18(14-23)8-10-20/h2-13H,1,15-16H2. The maximum absolute atomic E-state index is 8.83. The molecule has 0 fully saturated rings. The van der Waals surface area contributed by atoms with Gasteiger partial charge < -0.3 is 9.47 Å². The van der Waals surface area contributed by atoms with E-state index >= 15 is 0 Å². The van der Waals surface area contributed by atoms with Crippen molar-refractivity contribution >= 4 is 0 Å². The number of nitrogens with zero attached hydrogens (tertiary/aromatic N) is 1. The third-order valence-electron chi connectivity index (χ3n) is 3.68. The third-order valence-corrected chi connectivity index (χ3v) is 3.68. The molecule has 3 aromatic carbocycles. The van der Waals surface area contributed by atoms with Gasteiger partial charge in [0, 0.05) is 6.07 Å². The summed E-state index contributed by atoms with van der Waals surface area (Å²) in [6, 6.07) is 25.1. The SMILES string of the molecule is [CH2]c1cc(OCc2ccccc2)cc(OCc2ccc(C#N)cc2)c1. The zero-order valence-electron chi connectivity index (χ0n) is 13.8. The second-order valence-electron chi connectivity index (χ2n) is 5.68. The van der Waals surface area contributed by atoms with Gasteiger partial charge in [-0.3, -0.25) is 0 Å². The second-order valence-corrected chi connectivity index (χ2v) is 5.68. The lowest BCUT2D eigenvalue weighted by Crippen LogP contribution is -1.98. The minimum Gasteiger partial charge on any atom is -0.489 e. The lowest BCUT2D eigenvalue weighted by atomic mass is 10.1. The highest BCUT2D eigenvalue weighted by Crippen LogP contribution is 2.24. The molecule has 0 aliphatic heterocycles. The van der Waals surface area contributed by atoms with Crippen LogP contribution in [-0.2, 0) is 13.2 Å². The number of hydrogen-bond donors (Lipinski definition) is 0. The predicted octanol–water partition coefficient (Wildman–Crippen LogP) is 4.90. The molecule has 3 aromatic rings. The number of nitriles is 1. The Balaban J connectivity index is 1.63. The van der Waals surface area contributed by atoms with Crippen molar-refractivity contribution in [3.8, 4) is 17.6 Å². The number of hydrogen-bond acceptors (Lipinski definition) is 3. The fraction of sp³-hybridized carbons (Fsp3) is 0.0909. The van der Waals surface area contributed by atoms with E-state index in [0.29, 0.717) is 24.5 Å². The average molecular weight is 328 g/mol. The lowest BCUT2D eigenvalue weighted by molar-refractivity contribution is 0.290. The van der Waals surface area contributed by atoms with Gasteiger partial charge in [0.1, 0.15) is 24.7 Å². The lowest BCUT2D eigenvalue weighted by Gasteiger charge is -2.11. The first kappa shape index (κ1) is 16.6. The summed E-state index contributed by atoms with van der Waals surface area (Å²) >= 11 is 0. The van der Waals surface area contributed by atoms with Crippen LogP contribution in [0.25, 0.3) is 0 Å². The molecule has 0 aliphatic carbocycles. The van der Waals surface area contributed by atoms with Gasteiger partial charge in [0.25, 0.3) is 0 Å². The van der Waals surface area contributed by atoms with E-state index < -0.39 is 0 Å². The van der Waals surface area contributed by atoms with Gasteiger partial charge in [0.15, 0.2) is 0 Å². The molecule has 0 spiro atoms. The van der Waals surface area contributed by atoms with Crippen LogP contribution in [0.5, 0.6) is 11.5 Å². The third kappa shape index (κ3) is 4.86. The molecule has 25 heavy (non-hydrogen) atoms. The maximum atomic E-state index is 8.83. The van der Waals surface area contributed by atoms with Crippen molar-refractivity contribution in [1.82, 2.24) is 0 Å². The summed E-state index contributed by atoms with van der Waals surface area (Å²) in [7, 11) is 0. The van der Waals surface area contributed by atoms with Crippen LogP contribution in [0.2, 0.25) is 0 Å². The second kappa shape index (κ2) is 8.03. The van der Waals surface area contributed by atoms with Crippen molar-refractivity contribution in [1.29, 1.82) is 5.26 Å². The van der Waals surface area contributed by atoms with E-state index in [2.05, 4.69) is 13.0 Å². The Morgan fingerprint density at radius 2 is 1.32 bits per heavy atom. The summed E-state index contributed by atoms with van der Waals surface area (Å²) in [5.41, 5.74) is 3.58. The molecule has 0 atom stereocenters. The van der Waals surface area contributed by atoms with Crippen molar-refractivity contribution < 1.29 is 9.47 Å².